The van der Waals surface area contributed by atoms with Gasteiger partial charge in [0, 0.05) is 12.1 Å². The number of halogens is 1. The van der Waals surface area contributed by atoms with Crippen LogP contribution in [-0.2, 0) is 11.2 Å². The van der Waals surface area contributed by atoms with Crippen LogP contribution in [-0.4, -0.2) is 24.6 Å². The SMILES string of the molecule is CC(N)Cc1cc(F)ccc1OCC(=O)NC(C)C. The highest BCUT2D eigenvalue weighted by molar-refractivity contribution is 5.77. The first-order chi connectivity index (χ1) is 8.88. The maximum absolute atomic E-state index is 13.2. The van der Waals surface area contributed by atoms with Crippen molar-refractivity contribution in [1.29, 1.82) is 0 Å². The average Bonchev–Trinajstić information content (AvgIpc) is 2.26. The van der Waals surface area contributed by atoms with Crippen LogP contribution in [0.2, 0.25) is 0 Å². The zero-order valence-corrected chi connectivity index (χ0v) is 11.6. The third kappa shape index (κ3) is 5.70. The van der Waals surface area contributed by atoms with E-state index < -0.39 is 0 Å². The van der Waals surface area contributed by atoms with E-state index in [1.54, 1.807) is 0 Å². The summed E-state index contributed by atoms with van der Waals surface area (Å²) >= 11 is 0. The quantitative estimate of drug-likeness (QED) is 0.824. The smallest absolute Gasteiger partial charge is 0.258 e. The van der Waals surface area contributed by atoms with Crippen LogP contribution in [0.25, 0.3) is 0 Å². The molecule has 0 spiro atoms. The Labute approximate surface area is 113 Å². The molecule has 0 aliphatic carbocycles. The average molecular weight is 268 g/mol. The maximum atomic E-state index is 13.2. The van der Waals surface area contributed by atoms with E-state index in [1.165, 1.54) is 18.2 Å². The lowest BCUT2D eigenvalue weighted by Gasteiger charge is -2.14. The Bertz CT molecular complexity index is 433. The highest BCUT2D eigenvalue weighted by Gasteiger charge is 2.10. The van der Waals surface area contributed by atoms with Gasteiger partial charge in [0.25, 0.3) is 5.91 Å². The summed E-state index contributed by atoms with van der Waals surface area (Å²) < 4.78 is 18.6. The van der Waals surface area contributed by atoms with Crippen LogP contribution in [0.15, 0.2) is 18.2 Å². The Morgan fingerprint density at radius 2 is 2.11 bits per heavy atom. The van der Waals surface area contributed by atoms with Crippen molar-refractivity contribution >= 4 is 5.91 Å². The van der Waals surface area contributed by atoms with Gasteiger partial charge in [0.1, 0.15) is 11.6 Å². The lowest BCUT2D eigenvalue weighted by molar-refractivity contribution is -0.123. The molecular formula is C14H21FN2O2. The molecule has 1 atom stereocenters. The molecule has 1 aromatic carbocycles. The summed E-state index contributed by atoms with van der Waals surface area (Å²) in [6, 6.07) is 4.18. The van der Waals surface area contributed by atoms with Crippen molar-refractivity contribution in [3.63, 3.8) is 0 Å². The monoisotopic (exact) mass is 268 g/mol. The van der Waals surface area contributed by atoms with Gasteiger partial charge >= 0.3 is 0 Å². The predicted octanol–water partition coefficient (Wildman–Crippen LogP) is 1.62. The molecule has 1 unspecified atom stereocenters. The molecule has 0 aromatic heterocycles. The van der Waals surface area contributed by atoms with Crippen molar-refractivity contribution in [2.75, 3.05) is 6.61 Å². The van der Waals surface area contributed by atoms with Gasteiger partial charge in [-0.15, -0.1) is 0 Å². The van der Waals surface area contributed by atoms with Crippen molar-refractivity contribution in [3.8, 4) is 5.75 Å². The van der Waals surface area contributed by atoms with Gasteiger partial charge in [-0.05, 0) is 51.0 Å². The number of rotatable bonds is 6. The van der Waals surface area contributed by atoms with Gasteiger partial charge in [0.2, 0.25) is 0 Å². The minimum absolute atomic E-state index is 0.0628. The van der Waals surface area contributed by atoms with Crippen LogP contribution in [0.1, 0.15) is 26.3 Å². The predicted molar refractivity (Wildman–Crippen MR) is 72.5 cm³/mol. The van der Waals surface area contributed by atoms with Crippen molar-refractivity contribution in [1.82, 2.24) is 5.32 Å². The number of hydrogen-bond donors (Lipinski definition) is 2. The first-order valence-electron chi connectivity index (χ1n) is 6.34. The molecule has 0 aliphatic heterocycles. The Hall–Kier alpha value is -1.62. The van der Waals surface area contributed by atoms with Crippen LogP contribution in [0.4, 0.5) is 4.39 Å². The van der Waals surface area contributed by atoms with Crippen molar-refractivity contribution in [2.45, 2.75) is 39.3 Å². The second kappa shape index (κ2) is 7.09. The second-order valence-corrected chi connectivity index (χ2v) is 4.94. The largest absolute Gasteiger partial charge is 0.483 e. The van der Waals surface area contributed by atoms with Crippen LogP contribution in [0.5, 0.6) is 5.75 Å². The molecule has 5 heteroatoms. The van der Waals surface area contributed by atoms with Crippen LogP contribution in [0, 0.1) is 5.82 Å². The molecule has 0 radical (unpaired) electrons. The molecular weight excluding hydrogens is 247 g/mol. The highest BCUT2D eigenvalue weighted by Crippen LogP contribution is 2.21. The molecule has 19 heavy (non-hydrogen) atoms. The van der Waals surface area contributed by atoms with E-state index in [0.29, 0.717) is 17.7 Å². The van der Waals surface area contributed by atoms with Gasteiger partial charge in [-0.3, -0.25) is 4.79 Å². The number of amides is 1. The van der Waals surface area contributed by atoms with E-state index in [4.69, 9.17) is 10.5 Å². The van der Waals surface area contributed by atoms with Gasteiger partial charge in [0.15, 0.2) is 6.61 Å². The van der Waals surface area contributed by atoms with E-state index in [2.05, 4.69) is 5.32 Å². The molecule has 0 bridgehead atoms. The maximum Gasteiger partial charge on any atom is 0.258 e. The Kier molecular flexibility index (Phi) is 5.76. The first-order valence-corrected chi connectivity index (χ1v) is 6.34. The molecule has 1 aromatic rings. The molecule has 4 nitrogen and oxygen atoms in total. The van der Waals surface area contributed by atoms with Crippen LogP contribution in [0.3, 0.4) is 0 Å². The molecule has 0 saturated heterocycles. The summed E-state index contributed by atoms with van der Waals surface area (Å²) in [5.41, 5.74) is 6.38. The van der Waals surface area contributed by atoms with Gasteiger partial charge in [-0.25, -0.2) is 4.39 Å². The number of carbonyl (C=O) groups is 1. The molecule has 3 N–H and O–H groups in total. The highest BCUT2D eigenvalue weighted by atomic mass is 19.1. The Morgan fingerprint density at radius 3 is 2.68 bits per heavy atom. The van der Waals surface area contributed by atoms with Gasteiger partial charge in [0.05, 0.1) is 0 Å². The lowest BCUT2D eigenvalue weighted by atomic mass is 10.1. The lowest BCUT2D eigenvalue weighted by Crippen LogP contribution is -2.34. The fraction of sp³-hybridized carbons (Fsp3) is 0.500. The molecule has 1 amide bonds. The van der Waals surface area contributed by atoms with Gasteiger partial charge in [-0.2, -0.15) is 0 Å². The fourth-order valence-corrected chi connectivity index (χ4v) is 1.70. The fourth-order valence-electron chi connectivity index (χ4n) is 1.70. The number of nitrogens with one attached hydrogen (secondary N) is 1. The van der Waals surface area contributed by atoms with Crippen molar-refractivity contribution < 1.29 is 13.9 Å². The van der Waals surface area contributed by atoms with E-state index in [0.717, 1.165) is 0 Å². The molecule has 0 saturated carbocycles. The normalized spacial score (nSPS) is 12.3. The standard InChI is InChI=1S/C14H21FN2O2/c1-9(2)17-14(18)8-19-13-5-4-12(15)7-11(13)6-10(3)16/h4-5,7,9-10H,6,8,16H2,1-3H3,(H,17,18). The van der Waals surface area contributed by atoms with E-state index in [9.17, 15) is 9.18 Å². The number of ether oxygens (including phenoxy) is 1. The summed E-state index contributed by atoms with van der Waals surface area (Å²) in [6.07, 6.45) is 0.499. The molecule has 1 rings (SSSR count). The van der Waals surface area contributed by atoms with Crippen LogP contribution < -0.4 is 15.8 Å². The molecule has 0 aliphatic rings. The van der Waals surface area contributed by atoms with E-state index in [1.807, 2.05) is 20.8 Å². The first kappa shape index (κ1) is 15.4. The summed E-state index contributed by atoms with van der Waals surface area (Å²) in [5, 5.41) is 2.72. The zero-order chi connectivity index (χ0) is 14.4. The number of benzene rings is 1. The van der Waals surface area contributed by atoms with Crippen molar-refractivity contribution in [3.05, 3.63) is 29.6 Å². The number of nitrogens with two attached hydrogens (primary N) is 1. The summed E-state index contributed by atoms with van der Waals surface area (Å²) in [7, 11) is 0. The Balaban J connectivity index is 2.69. The van der Waals surface area contributed by atoms with Crippen molar-refractivity contribution in [2.24, 2.45) is 5.73 Å². The Morgan fingerprint density at radius 1 is 1.42 bits per heavy atom. The zero-order valence-electron chi connectivity index (χ0n) is 11.6. The summed E-state index contributed by atoms with van der Waals surface area (Å²) in [5.74, 6) is -0.0432. The topological polar surface area (TPSA) is 64.3 Å². The number of carbonyl (C=O) groups excluding carboxylic acids is 1. The van der Waals surface area contributed by atoms with Gasteiger partial charge < -0.3 is 15.8 Å². The number of hydrogen-bond acceptors (Lipinski definition) is 3. The molecule has 106 valence electrons. The van der Waals surface area contributed by atoms with Gasteiger partial charge in [-0.1, -0.05) is 0 Å². The summed E-state index contributed by atoms with van der Waals surface area (Å²) in [6.45, 7) is 5.49. The van der Waals surface area contributed by atoms with E-state index in [-0.39, 0.29) is 30.4 Å². The van der Waals surface area contributed by atoms with E-state index >= 15 is 0 Å². The molecule has 0 fully saturated rings. The minimum Gasteiger partial charge on any atom is -0.483 e. The minimum atomic E-state index is -0.338. The summed E-state index contributed by atoms with van der Waals surface area (Å²) in [4.78, 5) is 11.5. The second-order valence-electron chi connectivity index (χ2n) is 4.94. The van der Waals surface area contributed by atoms with Crippen LogP contribution >= 0.6 is 0 Å². The third-order valence-corrected chi connectivity index (χ3v) is 2.37. The molecule has 0 heterocycles. The third-order valence-electron chi connectivity index (χ3n) is 2.37.